The molecule has 0 unspecified atom stereocenters. The summed E-state index contributed by atoms with van der Waals surface area (Å²) in [5, 5.41) is 0. The van der Waals surface area contributed by atoms with Crippen LogP contribution in [-0.2, 0) is 9.59 Å². The molecule has 0 bridgehead atoms. The first-order valence-corrected chi connectivity index (χ1v) is 11.4. The Hall–Kier alpha value is -2.92. The van der Waals surface area contributed by atoms with E-state index in [0.29, 0.717) is 17.0 Å². The minimum atomic E-state index is -0.238. The molecule has 1 fully saturated rings. The zero-order valence-electron chi connectivity index (χ0n) is 20.0. The van der Waals surface area contributed by atoms with E-state index < -0.39 is 0 Å². The van der Waals surface area contributed by atoms with Crippen molar-refractivity contribution in [2.45, 2.75) is 46.6 Å². The summed E-state index contributed by atoms with van der Waals surface area (Å²) in [6, 6.07) is 12.1. The Balaban J connectivity index is 1.83. The molecule has 5 heteroatoms. The smallest absolute Gasteiger partial charge is 0.282 e. The van der Waals surface area contributed by atoms with Crippen LogP contribution in [-0.4, -0.2) is 54.8 Å². The van der Waals surface area contributed by atoms with E-state index in [1.165, 1.54) is 10.5 Å². The van der Waals surface area contributed by atoms with Crippen molar-refractivity contribution in [2.75, 3.05) is 32.1 Å². The van der Waals surface area contributed by atoms with Crippen LogP contribution in [0.25, 0.3) is 5.57 Å². The maximum atomic E-state index is 13.8. The number of amides is 2. The van der Waals surface area contributed by atoms with Gasteiger partial charge in [0.15, 0.2) is 0 Å². The Morgan fingerprint density at radius 1 is 0.844 bits per heavy atom. The van der Waals surface area contributed by atoms with Crippen molar-refractivity contribution in [1.82, 2.24) is 9.80 Å². The zero-order valence-corrected chi connectivity index (χ0v) is 20.0. The van der Waals surface area contributed by atoms with Crippen molar-refractivity contribution >= 4 is 23.1 Å². The van der Waals surface area contributed by atoms with Gasteiger partial charge in [0.1, 0.15) is 5.70 Å². The zero-order chi connectivity index (χ0) is 23.2. The van der Waals surface area contributed by atoms with Crippen molar-refractivity contribution in [3.63, 3.8) is 0 Å². The lowest BCUT2D eigenvalue weighted by Gasteiger charge is -2.36. The number of hydrogen-bond acceptors (Lipinski definition) is 4. The molecule has 0 atom stereocenters. The summed E-state index contributed by atoms with van der Waals surface area (Å²) >= 11 is 0. The number of carbonyl (C=O) groups is 2. The summed E-state index contributed by atoms with van der Waals surface area (Å²) in [5.41, 5.74) is 6.84. The molecule has 32 heavy (non-hydrogen) atoms. The molecular weight excluding hydrogens is 398 g/mol. The number of likely N-dealkylation sites (N-methyl/N-ethyl adjacent to an activating group) is 1. The highest BCUT2D eigenvalue weighted by Gasteiger charge is 2.43. The van der Waals surface area contributed by atoms with Gasteiger partial charge in [-0.15, -0.1) is 0 Å². The quantitative estimate of drug-likeness (QED) is 0.680. The van der Waals surface area contributed by atoms with E-state index >= 15 is 0 Å². The van der Waals surface area contributed by atoms with Crippen LogP contribution in [0.4, 0.5) is 5.69 Å². The Labute approximate surface area is 191 Å². The van der Waals surface area contributed by atoms with Gasteiger partial charge >= 0.3 is 0 Å². The summed E-state index contributed by atoms with van der Waals surface area (Å²) in [6.07, 6.45) is 1.95. The largest absolute Gasteiger partial charge is 0.366 e. The van der Waals surface area contributed by atoms with Gasteiger partial charge in [0, 0.05) is 13.1 Å². The molecule has 0 saturated carbocycles. The molecule has 2 aliphatic rings. The topological polar surface area (TPSA) is 43.9 Å². The lowest BCUT2D eigenvalue weighted by Crippen LogP contribution is -2.43. The molecule has 2 amide bonds. The molecule has 0 spiro atoms. The third kappa shape index (κ3) is 3.97. The molecule has 0 aliphatic carbocycles. The van der Waals surface area contributed by atoms with E-state index in [1.807, 2.05) is 58.2 Å². The maximum Gasteiger partial charge on any atom is 0.282 e. The molecule has 0 aromatic heterocycles. The minimum absolute atomic E-state index is 0.227. The van der Waals surface area contributed by atoms with Gasteiger partial charge in [-0.25, -0.2) is 4.90 Å². The van der Waals surface area contributed by atoms with Gasteiger partial charge in [-0.1, -0.05) is 24.3 Å². The van der Waals surface area contributed by atoms with Crippen LogP contribution in [0, 0.1) is 27.7 Å². The predicted molar refractivity (Wildman–Crippen MR) is 130 cm³/mol. The van der Waals surface area contributed by atoms with Crippen molar-refractivity contribution in [2.24, 2.45) is 0 Å². The summed E-state index contributed by atoms with van der Waals surface area (Å²) in [7, 11) is 4.10. The van der Waals surface area contributed by atoms with Gasteiger partial charge in [0.05, 0.1) is 11.3 Å². The molecule has 2 aromatic rings. The molecule has 1 saturated heterocycles. The number of anilines is 1. The maximum absolute atomic E-state index is 13.8. The third-order valence-corrected chi connectivity index (χ3v) is 6.91. The van der Waals surface area contributed by atoms with Crippen LogP contribution >= 0.6 is 0 Å². The Morgan fingerprint density at radius 3 is 2.06 bits per heavy atom. The fourth-order valence-electron chi connectivity index (χ4n) is 4.88. The van der Waals surface area contributed by atoms with Crippen LogP contribution in [0.2, 0.25) is 0 Å². The number of carbonyl (C=O) groups excluding carboxylic acids is 2. The first-order chi connectivity index (χ1) is 15.2. The van der Waals surface area contributed by atoms with Crippen LogP contribution in [0.3, 0.4) is 0 Å². The molecule has 5 nitrogen and oxygen atoms in total. The van der Waals surface area contributed by atoms with Crippen LogP contribution in [0.15, 0.2) is 42.1 Å². The Kier molecular flexibility index (Phi) is 5.95. The Morgan fingerprint density at radius 2 is 1.47 bits per heavy atom. The van der Waals surface area contributed by atoms with Gasteiger partial charge < -0.3 is 9.80 Å². The molecular formula is C27H33N3O2. The highest BCUT2D eigenvalue weighted by Crippen LogP contribution is 2.37. The number of nitrogens with zero attached hydrogens (tertiary/aromatic N) is 3. The van der Waals surface area contributed by atoms with E-state index in [-0.39, 0.29) is 17.9 Å². The average molecular weight is 432 g/mol. The number of imide groups is 1. The van der Waals surface area contributed by atoms with Crippen LogP contribution < -0.4 is 4.90 Å². The molecule has 168 valence electrons. The van der Waals surface area contributed by atoms with E-state index in [2.05, 4.69) is 29.8 Å². The molecule has 2 heterocycles. The minimum Gasteiger partial charge on any atom is -0.366 e. The predicted octanol–water partition coefficient (Wildman–Crippen LogP) is 4.23. The summed E-state index contributed by atoms with van der Waals surface area (Å²) in [4.78, 5) is 33.4. The van der Waals surface area contributed by atoms with Gasteiger partial charge in [-0.2, -0.15) is 0 Å². The molecule has 2 aromatic carbocycles. The number of piperidine rings is 1. The second kappa shape index (κ2) is 8.55. The number of likely N-dealkylation sites (tertiary alicyclic amines) is 1. The van der Waals surface area contributed by atoms with Crippen molar-refractivity contribution in [3.8, 4) is 0 Å². The number of aryl methyl sites for hydroxylation is 4. The first kappa shape index (κ1) is 22.3. The van der Waals surface area contributed by atoms with Crippen molar-refractivity contribution < 1.29 is 9.59 Å². The first-order valence-electron chi connectivity index (χ1n) is 11.4. The molecule has 0 radical (unpaired) electrons. The van der Waals surface area contributed by atoms with Crippen LogP contribution in [0.1, 0.15) is 40.7 Å². The van der Waals surface area contributed by atoms with Gasteiger partial charge in [-0.05, 0) is 101 Å². The highest BCUT2D eigenvalue weighted by atomic mass is 16.2. The second-order valence-electron chi connectivity index (χ2n) is 9.46. The second-order valence-corrected chi connectivity index (χ2v) is 9.46. The van der Waals surface area contributed by atoms with E-state index in [4.69, 9.17) is 0 Å². The fourth-order valence-corrected chi connectivity index (χ4v) is 4.88. The monoisotopic (exact) mass is 431 g/mol. The van der Waals surface area contributed by atoms with Crippen molar-refractivity contribution in [3.05, 3.63) is 69.9 Å². The number of rotatable bonds is 4. The van der Waals surface area contributed by atoms with E-state index in [9.17, 15) is 9.59 Å². The van der Waals surface area contributed by atoms with E-state index in [1.54, 1.807) is 0 Å². The van der Waals surface area contributed by atoms with Gasteiger partial charge in [0.25, 0.3) is 11.8 Å². The van der Waals surface area contributed by atoms with Gasteiger partial charge in [0.2, 0.25) is 0 Å². The molecule has 2 aliphatic heterocycles. The molecule has 4 rings (SSSR count). The van der Waals surface area contributed by atoms with Crippen molar-refractivity contribution in [1.29, 1.82) is 0 Å². The third-order valence-electron chi connectivity index (χ3n) is 6.91. The van der Waals surface area contributed by atoms with E-state index in [0.717, 1.165) is 48.2 Å². The highest BCUT2D eigenvalue weighted by molar-refractivity contribution is 6.45. The summed E-state index contributed by atoms with van der Waals surface area (Å²) in [6.45, 7) is 10.1. The lowest BCUT2D eigenvalue weighted by molar-refractivity contribution is -0.120. The normalized spacial score (nSPS) is 18.1. The van der Waals surface area contributed by atoms with Crippen LogP contribution in [0.5, 0.6) is 0 Å². The molecule has 0 N–H and O–H groups in total. The standard InChI is InChI=1S/C27H33N3O2/c1-17-13-18(2)15-23(14-17)30-26(31)24(21-8-7-19(3)20(4)16-21)25(27(30)32)29(6)22-9-11-28(5)12-10-22/h7-8,13-16,22H,9-12H2,1-6H3. The number of hydrogen-bond donors (Lipinski definition) is 0. The Bertz CT molecular complexity index is 1090. The lowest BCUT2D eigenvalue weighted by atomic mass is 9.97. The summed E-state index contributed by atoms with van der Waals surface area (Å²) < 4.78 is 0. The fraction of sp³-hybridized carbons (Fsp3) is 0.407. The average Bonchev–Trinajstić information content (AvgIpc) is 2.99. The summed E-state index contributed by atoms with van der Waals surface area (Å²) in [5.74, 6) is -0.465. The van der Waals surface area contributed by atoms with Gasteiger partial charge in [-0.3, -0.25) is 9.59 Å². The number of benzene rings is 2. The SMILES string of the molecule is Cc1cc(C)cc(N2C(=O)C(c3ccc(C)c(C)c3)=C(N(C)C3CCN(C)CC3)C2=O)c1.